The quantitative estimate of drug-likeness (QED) is 0.516. The molecule has 0 spiro atoms. The molecule has 3 rings (SSSR count). The van der Waals surface area contributed by atoms with E-state index in [9.17, 15) is 19.5 Å². The lowest BCUT2D eigenvalue weighted by atomic mass is 9.74. The van der Waals surface area contributed by atoms with Gasteiger partial charge in [0.05, 0.1) is 11.0 Å². The highest BCUT2D eigenvalue weighted by atomic mass is 16.5. The number of carbonyl (C=O) groups is 3. The third-order valence-electron chi connectivity index (χ3n) is 6.81. The molecule has 1 unspecified atom stereocenters. The fourth-order valence-corrected chi connectivity index (χ4v) is 3.93. The third-order valence-corrected chi connectivity index (χ3v) is 6.81. The number of ether oxygens (including phenoxy) is 1. The minimum absolute atomic E-state index is 0.0698. The number of carboxylic acids is 1. The van der Waals surface area contributed by atoms with Crippen molar-refractivity contribution in [1.29, 1.82) is 0 Å². The summed E-state index contributed by atoms with van der Waals surface area (Å²) in [4.78, 5) is 37.1. The van der Waals surface area contributed by atoms with Gasteiger partial charge in [-0.15, -0.1) is 12.3 Å². The molecule has 2 aromatic carbocycles. The molecule has 0 aliphatic heterocycles. The normalized spacial score (nSPS) is 13.7. The molecule has 1 aliphatic rings. The number of hydrogen-bond acceptors (Lipinski definition) is 4. The largest absolute Gasteiger partial charge is 0.481 e. The van der Waals surface area contributed by atoms with Gasteiger partial charge < -0.3 is 20.5 Å². The Kier molecular flexibility index (Phi) is 7.01. The van der Waals surface area contributed by atoms with Crippen molar-refractivity contribution < 1.29 is 24.2 Å². The van der Waals surface area contributed by atoms with Crippen LogP contribution in [0.4, 0.5) is 4.79 Å². The summed E-state index contributed by atoms with van der Waals surface area (Å²) in [6.45, 7) is 6.36. The lowest BCUT2D eigenvalue weighted by molar-refractivity contribution is -0.152. The Labute approximate surface area is 199 Å². The van der Waals surface area contributed by atoms with Gasteiger partial charge in [-0.05, 0) is 49.9 Å². The zero-order valence-corrected chi connectivity index (χ0v) is 19.8. The van der Waals surface area contributed by atoms with E-state index < -0.39 is 35.0 Å². The van der Waals surface area contributed by atoms with Crippen molar-refractivity contribution in [3.8, 4) is 23.5 Å². The second-order valence-electron chi connectivity index (χ2n) is 9.48. The Morgan fingerprint density at radius 3 is 2.06 bits per heavy atom. The molecule has 0 saturated heterocycles. The molecule has 0 saturated carbocycles. The first kappa shape index (κ1) is 24.8. The number of amides is 2. The van der Waals surface area contributed by atoms with E-state index in [1.165, 1.54) is 13.8 Å². The van der Waals surface area contributed by atoms with Crippen molar-refractivity contribution in [2.75, 3.05) is 6.61 Å². The first-order valence-corrected chi connectivity index (χ1v) is 11.1. The first-order chi connectivity index (χ1) is 16.0. The van der Waals surface area contributed by atoms with Gasteiger partial charge in [0, 0.05) is 12.3 Å². The highest BCUT2D eigenvalue weighted by Gasteiger charge is 2.45. The molecule has 2 amide bonds. The average Bonchev–Trinajstić information content (AvgIpc) is 3.10. The standard InChI is InChI=1S/C27H30N2O5/c1-6-11-22(23(30)29-27(4,5)26(2,3)24(31)32)28-25(33)34-16-21-19-14-9-7-12-17(19)18-13-8-10-15-20(18)21/h1,7-10,12-15,21-22H,11,16H2,2-5H3,(H,28,33)(H,29,30)(H,31,32). The van der Waals surface area contributed by atoms with E-state index in [-0.39, 0.29) is 18.9 Å². The minimum Gasteiger partial charge on any atom is -0.481 e. The Bertz CT molecular complexity index is 1100. The predicted molar refractivity (Wildman–Crippen MR) is 129 cm³/mol. The van der Waals surface area contributed by atoms with Crippen molar-refractivity contribution >= 4 is 18.0 Å². The van der Waals surface area contributed by atoms with Crippen LogP contribution in [0, 0.1) is 17.8 Å². The average molecular weight is 463 g/mol. The molecule has 1 atom stereocenters. The minimum atomic E-state index is -1.26. The Morgan fingerprint density at radius 2 is 1.56 bits per heavy atom. The monoisotopic (exact) mass is 462 g/mol. The number of aliphatic carboxylic acids is 1. The van der Waals surface area contributed by atoms with Gasteiger partial charge in [-0.25, -0.2) is 4.79 Å². The maximum Gasteiger partial charge on any atom is 0.407 e. The zero-order chi connectivity index (χ0) is 25.1. The van der Waals surface area contributed by atoms with Crippen molar-refractivity contribution in [3.05, 3.63) is 59.7 Å². The first-order valence-electron chi connectivity index (χ1n) is 11.1. The van der Waals surface area contributed by atoms with Crippen LogP contribution in [0.25, 0.3) is 11.1 Å². The Morgan fingerprint density at radius 1 is 1.03 bits per heavy atom. The third kappa shape index (κ3) is 4.76. The lowest BCUT2D eigenvalue weighted by Crippen LogP contribution is -2.60. The van der Waals surface area contributed by atoms with E-state index >= 15 is 0 Å². The van der Waals surface area contributed by atoms with E-state index in [1.807, 2.05) is 48.5 Å². The van der Waals surface area contributed by atoms with Crippen LogP contribution >= 0.6 is 0 Å². The van der Waals surface area contributed by atoms with Crippen LogP contribution in [0.2, 0.25) is 0 Å². The van der Waals surface area contributed by atoms with Gasteiger partial charge in [0.25, 0.3) is 0 Å². The maximum atomic E-state index is 12.9. The number of benzene rings is 2. The molecule has 0 heterocycles. The highest BCUT2D eigenvalue weighted by Crippen LogP contribution is 2.44. The highest BCUT2D eigenvalue weighted by molar-refractivity contribution is 5.87. The van der Waals surface area contributed by atoms with E-state index in [0.29, 0.717) is 0 Å². The zero-order valence-electron chi connectivity index (χ0n) is 19.8. The summed E-state index contributed by atoms with van der Waals surface area (Å²) >= 11 is 0. The van der Waals surface area contributed by atoms with Gasteiger partial charge in [0.15, 0.2) is 0 Å². The summed E-state index contributed by atoms with van der Waals surface area (Å²) in [5, 5.41) is 14.8. The summed E-state index contributed by atoms with van der Waals surface area (Å²) in [6, 6.07) is 14.9. The van der Waals surface area contributed by atoms with E-state index in [1.54, 1.807) is 13.8 Å². The molecule has 0 fully saturated rings. The summed E-state index contributed by atoms with van der Waals surface area (Å²) < 4.78 is 5.51. The summed E-state index contributed by atoms with van der Waals surface area (Å²) in [5.74, 6) is 0.622. The topological polar surface area (TPSA) is 105 Å². The van der Waals surface area contributed by atoms with Gasteiger partial charge >= 0.3 is 12.1 Å². The Hall–Kier alpha value is -3.79. The van der Waals surface area contributed by atoms with Crippen LogP contribution in [0.1, 0.15) is 51.2 Å². The summed E-state index contributed by atoms with van der Waals surface area (Å²) in [6.07, 6.45) is 4.56. The van der Waals surface area contributed by atoms with Crippen LogP contribution < -0.4 is 10.6 Å². The lowest BCUT2D eigenvalue weighted by Gasteiger charge is -2.39. The summed E-state index contributed by atoms with van der Waals surface area (Å²) in [5.41, 5.74) is 2.01. The maximum absolute atomic E-state index is 12.9. The molecular weight excluding hydrogens is 432 g/mol. The van der Waals surface area contributed by atoms with E-state index in [4.69, 9.17) is 11.2 Å². The number of rotatable bonds is 8. The van der Waals surface area contributed by atoms with Gasteiger partial charge in [0.2, 0.25) is 5.91 Å². The molecule has 3 N–H and O–H groups in total. The van der Waals surface area contributed by atoms with Crippen molar-refractivity contribution in [2.45, 2.75) is 51.6 Å². The molecule has 7 heteroatoms. The Balaban J connectivity index is 1.68. The molecule has 178 valence electrons. The SMILES string of the molecule is C#CCC(NC(=O)OCC1c2ccccc2-c2ccccc21)C(=O)NC(C)(C)C(C)(C)C(=O)O. The number of carboxylic acid groups (broad SMARTS) is 1. The van der Waals surface area contributed by atoms with E-state index in [0.717, 1.165) is 22.3 Å². The molecule has 0 bridgehead atoms. The van der Waals surface area contributed by atoms with Crippen LogP contribution in [-0.2, 0) is 14.3 Å². The van der Waals surface area contributed by atoms with E-state index in [2.05, 4.69) is 16.6 Å². The number of fused-ring (bicyclic) bond motifs is 3. The second-order valence-corrected chi connectivity index (χ2v) is 9.48. The molecular formula is C27H30N2O5. The van der Waals surface area contributed by atoms with Crippen LogP contribution in [0.5, 0.6) is 0 Å². The number of alkyl carbamates (subject to hydrolysis) is 1. The summed E-state index contributed by atoms with van der Waals surface area (Å²) in [7, 11) is 0. The van der Waals surface area contributed by atoms with Gasteiger partial charge in [-0.3, -0.25) is 9.59 Å². The predicted octanol–water partition coefficient (Wildman–Crippen LogP) is 3.92. The molecule has 1 aliphatic carbocycles. The van der Waals surface area contributed by atoms with Crippen LogP contribution in [0.3, 0.4) is 0 Å². The van der Waals surface area contributed by atoms with Crippen molar-refractivity contribution in [1.82, 2.24) is 10.6 Å². The fourth-order valence-electron chi connectivity index (χ4n) is 3.93. The molecule has 0 radical (unpaired) electrons. The van der Waals surface area contributed by atoms with Crippen molar-refractivity contribution in [3.63, 3.8) is 0 Å². The number of nitrogens with one attached hydrogen (secondary N) is 2. The van der Waals surface area contributed by atoms with Gasteiger partial charge in [0.1, 0.15) is 12.6 Å². The van der Waals surface area contributed by atoms with Gasteiger partial charge in [-0.2, -0.15) is 0 Å². The van der Waals surface area contributed by atoms with Gasteiger partial charge in [-0.1, -0.05) is 48.5 Å². The van der Waals surface area contributed by atoms with Crippen molar-refractivity contribution in [2.24, 2.45) is 5.41 Å². The molecule has 7 nitrogen and oxygen atoms in total. The molecule has 0 aromatic heterocycles. The van der Waals surface area contributed by atoms with Crippen LogP contribution in [0.15, 0.2) is 48.5 Å². The second kappa shape index (κ2) is 9.60. The smallest absolute Gasteiger partial charge is 0.407 e. The van der Waals surface area contributed by atoms with Crippen LogP contribution in [-0.4, -0.2) is 41.3 Å². The number of hydrogen-bond donors (Lipinski definition) is 3. The molecule has 2 aromatic rings. The molecule has 34 heavy (non-hydrogen) atoms. The number of terminal acetylenes is 1. The number of carbonyl (C=O) groups excluding carboxylic acids is 2. The fraction of sp³-hybridized carbons (Fsp3) is 0.370.